The van der Waals surface area contributed by atoms with Crippen LogP contribution in [0.4, 0.5) is 0 Å². The highest BCUT2D eigenvalue weighted by Crippen LogP contribution is 2.23. The van der Waals surface area contributed by atoms with Gasteiger partial charge in [-0.1, -0.05) is 12.2 Å². The zero-order valence-electron chi connectivity index (χ0n) is 7.86. The molecule has 0 aromatic carbocycles. The minimum Gasteiger partial charge on any atom is -0.375 e. The van der Waals surface area contributed by atoms with Gasteiger partial charge in [-0.3, -0.25) is 20.4 Å². The van der Waals surface area contributed by atoms with Crippen LogP contribution < -0.4 is 22.5 Å². The van der Waals surface area contributed by atoms with E-state index in [0.717, 1.165) is 0 Å². The molecule has 1 aliphatic rings. The van der Waals surface area contributed by atoms with Gasteiger partial charge in [0, 0.05) is 12.0 Å². The van der Waals surface area contributed by atoms with Crippen molar-refractivity contribution in [2.45, 2.75) is 12.0 Å². The average Bonchev–Trinajstić information content (AvgIpc) is 2.26. The quantitative estimate of drug-likeness (QED) is 0.197. The summed E-state index contributed by atoms with van der Waals surface area (Å²) >= 11 is 0. The summed E-state index contributed by atoms with van der Waals surface area (Å²) in [6.07, 6.45) is 3.93. The number of aliphatic hydroxyl groups is 1. The van der Waals surface area contributed by atoms with Crippen LogP contribution in [0.5, 0.6) is 0 Å². The topological polar surface area (TPSA) is 130 Å². The van der Waals surface area contributed by atoms with Crippen molar-refractivity contribution in [2.24, 2.45) is 11.7 Å². The molecule has 0 fully saturated rings. The van der Waals surface area contributed by atoms with Gasteiger partial charge in [0.25, 0.3) is 11.8 Å². The Balaban J connectivity index is 2.87. The number of nitrogens with one attached hydrogen (secondary N) is 2. The third-order valence-electron chi connectivity index (χ3n) is 2.08. The second-order valence-corrected chi connectivity index (χ2v) is 3.10. The third-order valence-corrected chi connectivity index (χ3v) is 2.08. The predicted molar refractivity (Wildman–Crippen MR) is 51.5 cm³/mol. The van der Waals surface area contributed by atoms with Crippen LogP contribution in [0.2, 0.25) is 0 Å². The van der Waals surface area contributed by atoms with Crippen molar-refractivity contribution < 1.29 is 14.7 Å². The van der Waals surface area contributed by atoms with E-state index in [-0.39, 0.29) is 12.0 Å². The third kappa shape index (κ3) is 2.21. The van der Waals surface area contributed by atoms with Crippen molar-refractivity contribution in [3.63, 3.8) is 0 Å². The monoisotopic (exact) mass is 212 g/mol. The molecule has 15 heavy (non-hydrogen) atoms. The van der Waals surface area contributed by atoms with Gasteiger partial charge in [-0.25, -0.2) is 11.7 Å². The van der Waals surface area contributed by atoms with Crippen LogP contribution in [0.25, 0.3) is 0 Å². The number of hydrogen-bond donors (Lipinski definition) is 5. The number of hydrogen-bond acceptors (Lipinski definition) is 5. The highest BCUT2D eigenvalue weighted by atomic mass is 16.3. The molecule has 7 N–H and O–H groups in total. The predicted octanol–water partition coefficient (Wildman–Crippen LogP) is -2.42. The van der Waals surface area contributed by atoms with Crippen LogP contribution in [0.1, 0.15) is 6.42 Å². The standard InChI is InChI=1S/C8H12N4O3/c9-11-6(13)5-2-1-3-8(15,4-5)7(14)12-10/h1-3,15H,4,9-10H2,(H,11,13)(H,12,14). The molecule has 0 saturated heterocycles. The number of nitrogens with two attached hydrogens (primary N) is 2. The highest BCUT2D eigenvalue weighted by molar-refractivity contribution is 5.96. The van der Waals surface area contributed by atoms with E-state index in [9.17, 15) is 14.7 Å². The molecule has 1 aliphatic carbocycles. The molecule has 0 aliphatic heterocycles. The first kappa shape index (κ1) is 11.4. The summed E-state index contributed by atoms with van der Waals surface area (Å²) in [6.45, 7) is 0. The summed E-state index contributed by atoms with van der Waals surface area (Å²) in [6, 6.07) is 0. The van der Waals surface area contributed by atoms with Gasteiger partial charge < -0.3 is 5.11 Å². The molecule has 1 rings (SSSR count). The zero-order chi connectivity index (χ0) is 11.5. The summed E-state index contributed by atoms with van der Waals surface area (Å²) in [5, 5.41) is 9.81. The Hall–Kier alpha value is -1.70. The fraction of sp³-hybridized carbons (Fsp3) is 0.250. The van der Waals surface area contributed by atoms with Crippen molar-refractivity contribution in [2.75, 3.05) is 0 Å². The number of rotatable bonds is 2. The Bertz CT molecular complexity index is 350. The molecule has 0 aromatic heterocycles. The number of hydrazine groups is 2. The molecule has 0 spiro atoms. The normalized spacial score (nSPS) is 24.3. The van der Waals surface area contributed by atoms with Crippen LogP contribution in [0.3, 0.4) is 0 Å². The summed E-state index contributed by atoms with van der Waals surface area (Å²) in [4.78, 5) is 22.4. The first-order chi connectivity index (χ1) is 7.03. The van der Waals surface area contributed by atoms with E-state index < -0.39 is 17.4 Å². The van der Waals surface area contributed by atoms with E-state index in [1.54, 1.807) is 0 Å². The minimum atomic E-state index is -1.80. The van der Waals surface area contributed by atoms with Gasteiger partial charge in [0.15, 0.2) is 5.60 Å². The van der Waals surface area contributed by atoms with Crippen LogP contribution in [-0.4, -0.2) is 22.5 Å². The van der Waals surface area contributed by atoms with E-state index in [1.807, 2.05) is 10.9 Å². The maximum Gasteiger partial charge on any atom is 0.270 e. The lowest BCUT2D eigenvalue weighted by Crippen LogP contribution is -2.50. The lowest BCUT2D eigenvalue weighted by Gasteiger charge is -2.25. The second kappa shape index (κ2) is 4.22. The molecule has 0 radical (unpaired) electrons. The van der Waals surface area contributed by atoms with Crippen molar-refractivity contribution in [3.05, 3.63) is 23.8 Å². The highest BCUT2D eigenvalue weighted by Gasteiger charge is 2.36. The second-order valence-electron chi connectivity index (χ2n) is 3.10. The van der Waals surface area contributed by atoms with Crippen molar-refractivity contribution in [1.82, 2.24) is 10.9 Å². The van der Waals surface area contributed by atoms with Crippen molar-refractivity contribution in [3.8, 4) is 0 Å². The molecule has 0 heterocycles. The minimum absolute atomic E-state index is 0.171. The molecule has 7 heteroatoms. The number of allylic oxidation sites excluding steroid dienone is 2. The van der Waals surface area contributed by atoms with Crippen molar-refractivity contribution in [1.29, 1.82) is 0 Å². The Labute approximate surface area is 85.7 Å². The van der Waals surface area contributed by atoms with E-state index in [2.05, 4.69) is 0 Å². The molecule has 7 nitrogen and oxygen atoms in total. The molecule has 0 aromatic rings. The Morgan fingerprint density at radius 3 is 2.60 bits per heavy atom. The summed E-state index contributed by atoms with van der Waals surface area (Å²) in [5.41, 5.74) is 2.14. The maximum atomic E-state index is 11.2. The van der Waals surface area contributed by atoms with E-state index >= 15 is 0 Å². The molecule has 1 atom stereocenters. The number of amides is 2. The van der Waals surface area contributed by atoms with Crippen molar-refractivity contribution >= 4 is 11.8 Å². The van der Waals surface area contributed by atoms with Crippen LogP contribution in [-0.2, 0) is 9.59 Å². The molecule has 0 bridgehead atoms. The Kier molecular flexibility index (Phi) is 3.20. The number of carbonyl (C=O) groups excluding carboxylic acids is 2. The van der Waals surface area contributed by atoms with Gasteiger partial charge in [0.1, 0.15) is 0 Å². The summed E-state index contributed by atoms with van der Waals surface area (Å²) in [7, 11) is 0. The first-order valence-corrected chi connectivity index (χ1v) is 4.16. The van der Waals surface area contributed by atoms with E-state index in [1.165, 1.54) is 18.2 Å². The smallest absolute Gasteiger partial charge is 0.270 e. The maximum absolute atomic E-state index is 11.2. The molecule has 82 valence electrons. The van der Waals surface area contributed by atoms with Crippen LogP contribution in [0.15, 0.2) is 23.8 Å². The fourth-order valence-corrected chi connectivity index (χ4v) is 1.26. The molecular formula is C8H12N4O3. The van der Waals surface area contributed by atoms with Gasteiger partial charge in [0.05, 0.1) is 0 Å². The average molecular weight is 212 g/mol. The lowest BCUT2D eigenvalue weighted by atomic mass is 9.89. The number of carbonyl (C=O) groups is 2. The molecule has 0 saturated carbocycles. The van der Waals surface area contributed by atoms with Gasteiger partial charge in [-0.15, -0.1) is 0 Å². The van der Waals surface area contributed by atoms with Gasteiger partial charge >= 0.3 is 0 Å². The SMILES string of the molecule is NNC(=O)C1=CC=CC(O)(C(=O)NN)C1. The first-order valence-electron chi connectivity index (χ1n) is 4.16. The van der Waals surface area contributed by atoms with Gasteiger partial charge in [-0.2, -0.15) is 0 Å². The zero-order valence-corrected chi connectivity index (χ0v) is 7.86. The van der Waals surface area contributed by atoms with Crippen LogP contribution in [0, 0.1) is 0 Å². The van der Waals surface area contributed by atoms with Gasteiger partial charge in [-0.05, 0) is 6.08 Å². The Morgan fingerprint density at radius 1 is 1.40 bits per heavy atom. The fourth-order valence-electron chi connectivity index (χ4n) is 1.26. The molecular weight excluding hydrogens is 200 g/mol. The summed E-state index contributed by atoms with van der Waals surface area (Å²) in [5.74, 6) is 8.50. The summed E-state index contributed by atoms with van der Waals surface area (Å²) < 4.78 is 0. The van der Waals surface area contributed by atoms with E-state index in [0.29, 0.717) is 0 Å². The largest absolute Gasteiger partial charge is 0.375 e. The van der Waals surface area contributed by atoms with E-state index in [4.69, 9.17) is 11.7 Å². The lowest BCUT2D eigenvalue weighted by molar-refractivity contribution is -0.135. The molecule has 1 unspecified atom stereocenters. The van der Waals surface area contributed by atoms with Crippen LogP contribution >= 0.6 is 0 Å². The van der Waals surface area contributed by atoms with Gasteiger partial charge in [0.2, 0.25) is 0 Å². The molecule has 2 amide bonds. The Morgan fingerprint density at radius 2 is 2.07 bits per heavy atom.